The standard InChI is InChI=1S/C25H34N6O3/c1-15(2)27-20-12-17(6-7-18(20)14-26)22-28-23(34-29-22)16-8-10-31(11-9-16)24(33)19-13-21(32)30(5)25(19,3)4/h6-7,12,14-16,19,26-27H,8-11,13H2,1-5H3. The van der Waals surface area contributed by atoms with Crippen LogP contribution in [0.4, 0.5) is 5.69 Å². The summed E-state index contributed by atoms with van der Waals surface area (Å²) in [7, 11) is 1.77. The van der Waals surface area contributed by atoms with Gasteiger partial charge in [0.15, 0.2) is 0 Å². The zero-order chi connectivity index (χ0) is 24.6. The van der Waals surface area contributed by atoms with E-state index >= 15 is 0 Å². The molecule has 0 aliphatic carbocycles. The van der Waals surface area contributed by atoms with Crippen LogP contribution in [0.25, 0.3) is 11.4 Å². The van der Waals surface area contributed by atoms with Crippen LogP contribution in [0.3, 0.4) is 0 Å². The number of nitrogens with zero attached hydrogens (tertiary/aromatic N) is 4. The first-order chi connectivity index (χ1) is 16.1. The Morgan fingerprint density at radius 1 is 1.29 bits per heavy atom. The molecule has 1 aromatic carbocycles. The van der Waals surface area contributed by atoms with Gasteiger partial charge in [-0.3, -0.25) is 9.59 Å². The van der Waals surface area contributed by atoms with Gasteiger partial charge in [-0.1, -0.05) is 17.3 Å². The van der Waals surface area contributed by atoms with Gasteiger partial charge in [-0.15, -0.1) is 0 Å². The Labute approximate surface area is 200 Å². The molecule has 34 heavy (non-hydrogen) atoms. The van der Waals surface area contributed by atoms with Crippen LogP contribution in [0.1, 0.15) is 64.3 Å². The summed E-state index contributed by atoms with van der Waals surface area (Å²) in [5.74, 6) is 0.981. The van der Waals surface area contributed by atoms with Gasteiger partial charge < -0.3 is 25.0 Å². The number of amides is 2. The minimum absolute atomic E-state index is 0.0250. The van der Waals surface area contributed by atoms with Crippen molar-refractivity contribution >= 4 is 23.7 Å². The highest BCUT2D eigenvalue weighted by molar-refractivity contribution is 5.91. The smallest absolute Gasteiger partial charge is 0.230 e. The Morgan fingerprint density at radius 3 is 2.59 bits per heavy atom. The topological polar surface area (TPSA) is 115 Å². The Hall–Kier alpha value is -3.23. The zero-order valence-corrected chi connectivity index (χ0v) is 20.6. The average Bonchev–Trinajstić information content (AvgIpc) is 3.38. The van der Waals surface area contributed by atoms with Gasteiger partial charge in [0.25, 0.3) is 0 Å². The lowest BCUT2D eigenvalue weighted by Crippen LogP contribution is -2.49. The summed E-state index contributed by atoms with van der Waals surface area (Å²) < 4.78 is 5.61. The average molecular weight is 467 g/mol. The molecule has 1 aromatic heterocycles. The first-order valence-electron chi connectivity index (χ1n) is 11.9. The summed E-state index contributed by atoms with van der Waals surface area (Å²) in [6.45, 7) is 9.25. The van der Waals surface area contributed by atoms with Crippen molar-refractivity contribution in [2.45, 2.75) is 64.5 Å². The molecule has 0 bridgehead atoms. The number of likely N-dealkylation sites (tertiary alicyclic amines) is 2. The van der Waals surface area contributed by atoms with E-state index in [1.165, 1.54) is 6.21 Å². The van der Waals surface area contributed by atoms with E-state index in [2.05, 4.69) is 15.5 Å². The van der Waals surface area contributed by atoms with Gasteiger partial charge in [-0.05, 0) is 46.6 Å². The fraction of sp³-hybridized carbons (Fsp3) is 0.560. The number of nitrogens with one attached hydrogen (secondary N) is 2. The lowest BCUT2D eigenvalue weighted by atomic mass is 9.86. The molecule has 2 aliphatic rings. The number of piperidine rings is 1. The molecule has 2 fully saturated rings. The molecule has 9 nitrogen and oxygen atoms in total. The van der Waals surface area contributed by atoms with Gasteiger partial charge in [-0.25, -0.2) is 0 Å². The number of aromatic nitrogens is 2. The summed E-state index contributed by atoms with van der Waals surface area (Å²) in [5, 5.41) is 15.2. The fourth-order valence-electron chi connectivity index (χ4n) is 4.85. The zero-order valence-electron chi connectivity index (χ0n) is 20.6. The van der Waals surface area contributed by atoms with E-state index in [4.69, 9.17) is 9.93 Å². The third-order valence-corrected chi connectivity index (χ3v) is 7.28. The van der Waals surface area contributed by atoms with E-state index in [1.54, 1.807) is 11.9 Å². The quantitative estimate of drug-likeness (QED) is 0.630. The van der Waals surface area contributed by atoms with Crippen LogP contribution in [-0.4, -0.2) is 69.7 Å². The molecule has 9 heteroatoms. The lowest BCUT2D eigenvalue weighted by Gasteiger charge is -2.37. The Kier molecular flexibility index (Phi) is 6.47. The summed E-state index contributed by atoms with van der Waals surface area (Å²) >= 11 is 0. The minimum Gasteiger partial charge on any atom is -0.382 e. The second-order valence-corrected chi connectivity index (χ2v) is 10.2. The number of hydrogen-bond donors (Lipinski definition) is 2. The van der Waals surface area contributed by atoms with Crippen LogP contribution in [0.5, 0.6) is 0 Å². The SMILES string of the molecule is CC(C)Nc1cc(-c2noc(C3CCN(C(=O)C4CC(=O)N(C)C4(C)C)CC3)n2)ccc1C=N. The second kappa shape index (κ2) is 9.19. The van der Waals surface area contributed by atoms with Gasteiger partial charge >= 0.3 is 0 Å². The number of hydrogen-bond acceptors (Lipinski definition) is 7. The normalized spacial score (nSPS) is 20.8. The Bertz CT molecular complexity index is 1080. The molecule has 182 valence electrons. The van der Waals surface area contributed by atoms with E-state index in [0.717, 1.165) is 29.7 Å². The molecule has 1 atom stereocenters. The highest BCUT2D eigenvalue weighted by Crippen LogP contribution is 2.37. The number of carbonyl (C=O) groups is 2. The molecular weight excluding hydrogens is 432 g/mol. The second-order valence-electron chi connectivity index (χ2n) is 10.2. The van der Waals surface area contributed by atoms with Crippen LogP contribution in [0, 0.1) is 11.3 Å². The fourth-order valence-corrected chi connectivity index (χ4v) is 4.85. The van der Waals surface area contributed by atoms with Crippen LogP contribution >= 0.6 is 0 Å². The predicted octanol–water partition coefficient (Wildman–Crippen LogP) is 3.52. The summed E-state index contributed by atoms with van der Waals surface area (Å²) in [4.78, 5) is 33.6. The maximum absolute atomic E-state index is 13.2. The van der Waals surface area contributed by atoms with Crippen LogP contribution < -0.4 is 5.32 Å². The van der Waals surface area contributed by atoms with Crippen molar-refractivity contribution in [1.82, 2.24) is 19.9 Å². The molecule has 2 aliphatic heterocycles. The molecule has 1 unspecified atom stereocenters. The first kappa shape index (κ1) is 23.9. The highest BCUT2D eigenvalue weighted by atomic mass is 16.5. The van der Waals surface area contributed by atoms with E-state index in [0.29, 0.717) is 24.8 Å². The van der Waals surface area contributed by atoms with Crippen molar-refractivity contribution in [3.05, 3.63) is 29.7 Å². The molecular formula is C25H34N6O3. The van der Waals surface area contributed by atoms with Gasteiger partial charge in [0.05, 0.1) is 5.92 Å². The molecule has 0 radical (unpaired) electrons. The maximum atomic E-state index is 13.2. The van der Waals surface area contributed by atoms with Crippen molar-refractivity contribution in [3.63, 3.8) is 0 Å². The molecule has 2 saturated heterocycles. The number of carbonyl (C=O) groups excluding carboxylic acids is 2. The van der Waals surface area contributed by atoms with Crippen molar-refractivity contribution < 1.29 is 14.1 Å². The molecule has 0 spiro atoms. The first-order valence-corrected chi connectivity index (χ1v) is 11.9. The van der Waals surface area contributed by atoms with Crippen LogP contribution in [-0.2, 0) is 9.59 Å². The van der Waals surface area contributed by atoms with Gasteiger partial charge in [0, 0.05) is 67.1 Å². The molecule has 4 rings (SSSR count). The summed E-state index contributed by atoms with van der Waals surface area (Å²) in [6, 6.07) is 5.94. The number of benzene rings is 1. The van der Waals surface area contributed by atoms with Crippen molar-refractivity contribution in [3.8, 4) is 11.4 Å². The monoisotopic (exact) mass is 466 g/mol. The van der Waals surface area contributed by atoms with Crippen molar-refractivity contribution in [2.75, 3.05) is 25.5 Å². The van der Waals surface area contributed by atoms with Gasteiger partial charge in [0.1, 0.15) is 0 Å². The lowest BCUT2D eigenvalue weighted by molar-refractivity contribution is -0.139. The molecule has 2 N–H and O–H groups in total. The summed E-state index contributed by atoms with van der Waals surface area (Å²) in [6.07, 6.45) is 3.10. The molecule has 2 aromatic rings. The van der Waals surface area contributed by atoms with E-state index < -0.39 is 5.54 Å². The Balaban J connectivity index is 1.42. The minimum atomic E-state index is -0.469. The largest absolute Gasteiger partial charge is 0.382 e. The third kappa shape index (κ3) is 4.43. The number of rotatable bonds is 6. The molecule has 2 amide bonds. The Morgan fingerprint density at radius 2 is 2.00 bits per heavy atom. The van der Waals surface area contributed by atoms with Gasteiger partial charge in [-0.2, -0.15) is 4.98 Å². The van der Waals surface area contributed by atoms with E-state index in [1.807, 2.05) is 50.8 Å². The number of anilines is 1. The van der Waals surface area contributed by atoms with Crippen molar-refractivity contribution in [2.24, 2.45) is 5.92 Å². The highest BCUT2D eigenvalue weighted by Gasteiger charge is 2.49. The predicted molar refractivity (Wildman–Crippen MR) is 130 cm³/mol. The molecule has 0 saturated carbocycles. The van der Waals surface area contributed by atoms with E-state index in [-0.39, 0.29) is 36.1 Å². The van der Waals surface area contributed by atoms with Crippen molar-refractivity contribution in [1.29, 1.82) is 5.41 Å². The van der Waals surface area contributed by atoms with Gasteiger partial charge in [0.2, 0.25) is 23.5 Å². The van der Waals surface area contributed by atoms with Crippen LogP contribution in [0.2, 0.25) is 0 Å². The summed E-state index contributed by atoms with van der Waals surface area (Å²) in [5.41, 5.74) is 2.02. The van der Waals surface area contributed by atoms with E-state index in [9.17, 15) is 9.59 Å². The molecule has 3 heterocycles. The van der Waals surface area contributed by atoms with Crippen LogP contribution in [0.15, 0.2) is 22.7 Å². The third-order valence-electron chi connectivity index (χ3n) is 7.28. The maximum Gasteiger partial charge on any atom is 0.230 e.